The summed E-state index contributed by atoms with van der Waals surface area (Å²) in [6, 6.07) is 5.52. The normalized spacial score (nSPS) is 12.8. The molecule has 5 nitrogen and oxygen atoms in total. The van der Waals surface area contributed by atoms with Crippen molar-refractivity contribution in [2.45, 2.75) is 19.5 Å². The van der Waals surface area contributed by atoms with E-state index in [1.165, 1.54) is 0 Å². The van der Waals surface area contributed by atoms with E-state index in [0.717, 1.165) is 23.0 Å². The summed E-state index contributed by atoms with van der Waals surface area (Å²) in [4.78, 5) is 12.6. The average molecular weight is 279 g/mol. The van der Waals surface area contributed by atoms with E-state index in [-0.39, 0.29) is 12.6 Å². The van der Waals surface area contributed by atoms with E-state index in [0.29, 0.717) is 6.54 Å². The van der Waals surface area contributed by atoms with Crippen LogP contribution >= 0.6 is 0 Å². The molecule has 1 atom stereocenters. The Morgan fingerprint density at radius 2 is 2.20 bits per heavy atom. The molecule has 1 aromatic carbocycles. The number of aliphatic hydroxyl groups is 1. The van der Waals surface area contributed by atoms with E-state index in [9.17, 15) is 9.90 Å². The number of carboxylic acids is 1. The molecule has 0 radical (unpaired) electrons. The van der Waals surface area contributed by atoms with Crippen molar-refractivity contribution < 1.29 is 19.7 Å². The highest BCUT2D eigenvalue weighted by Gasteiger charge is 2.11. The maximum atomic E-state index is 10.6. The monoisotopic (exact) mass is 279 g/mol. The summed E-state index contributed by atoms with van der Waals surface area (Å²) >= 11 is 0. The van der Waals surface area contributed by atoms with Crippen LogP contribution in [-0.4, -0.2) is 47.9 Å². The van der Waals surface area contributed by atoms with Gasteiger partial charge in [0.05, 0.1) is 13.7 Å². The number of aliphatic hydroxyl groups excluding tert-OH is 1. The van der Waals surface area contributed by atoms with Crippen molar-refractivity contribution in [2.24, 2.45) is 0 Å². The summed E-state index contributed by atoms with van der Waals surface area (Å²) < 4.78 is 5.20. The van der Waals surface area contributed by atoms with E-state index in [4.69, 9.17) is 9.84 Å². The summed E-state index contributed by atoms with van der Waals surface area (Å²) in [7, 11) is 3.50. The van der Waals surface area contributed by atoms with Crippen LogP contribution in [0.1, 0.15) is 18.1 Å². The summed E-state index contributed by atoms with van der Waals surface area (Å²) in [5, 5.41) is 17.9. The zero-order valence-electron chi connectivity index (χ0n) is 12.0. The van der Waals surface area contributed by atoms with E-state index >= 15 is 0 Å². The van der Waals surface area contributed by atoms with Crippen LogP contribution in [-0.2, 0) is 11.3 Å². The van der Waals surface area contributed by atoms with Crippen LogP contribution < -0.4 is 4.74 Å². The van der Waals surface area contributed by atoms with Crippen LogP contribution in [0.4, 0.5) is 0 Å². The minimum Gasteiger partial charge on any atom is -0.497 e. The van der Waals surface area contributed by atoms with Gasteiger partial charge in [-0.25, -0.2) is 4.79 Å². The van der Waals surface area contributed by atoms with Crippen molar-refractivity contribution in [3.8, 4) is 5.75 Å². The number of hydrogen-bond donors (Lipinski definition) is 2. The lowest BCUT2D eigenvalue weighted by atomic mass is 10.1. The topological polar surface area (TPSA) is 70.0 Å². The Kier molecular flexibility index (Phi) is 6.21. The molecule has 0 aliphatic heterocycles. The van der Waals surface area contributed by atoms with E-state index in [1.807, 2.05) is 31.0 Å². The molecule has 1 unspecified atom stereocenters. The fourth-order valence-corrected chi connectivity index (χ4v) is 1.73. The third-order valence-electron chi connectivity index (χ3n) is 3.19. The van der Waals surface area contributed by atoms with Gasteiger partial charge in [-0.15, -0.1) is 0 Å². The summed E-state index contributed by atoms with van der Waals surface area (Å²) in [5.74, 6) is -0.263. The molecular formula is C15H21NO4. The first-order valence-electron chi connectivity index (χ1n) is 6.37. The molecule has 0 bridgehead atoms. The summed E-state index contributed by atoms with van der Waals surface area (Å²) in [5.41, 5.74) is 1.77. The van der Waals surface area contributed by atoms with Crippen molar-refractivity contribution in [1.82, 2.24) is 4.90 Å². The van der Waals surface area contributed by atoms with Gasteiger partial charge in [-0.2, -0.15) is 0 Å². The number of carbonyl (C=O) groups is 1. The van der Waals surface area contributed by atoms with E-state index in [1.54, 1.807) is 19.3 Å². The van der Waals surface area contributed by atoms with Gasteiger partial charge >= 0.3 is 5.97 Å². The second-order valence-corrected chi connectivity index (χ2v) is 4.68. The molecule has 0 aliphatic rings. The third-order valence-corrected chi connectivity index (χ3v) is 3.19. The molecule has 0 amide bonds. The standard InChI is InChI=1S/C15H21NO4/c1-11(10-17)16(2)9-13-8-14(20-3)6-4-12(13)5-7-15(18)19/h4-8,11,17H,9-10H2,1-3H3,(H,18,19)/b7-5+. The highest BCUT2D eigenvalue weighted by atomic mass is 16.5. The van der Waals surface area contributed by atoms with Crippen LogP contribution in [0.3, 0.4) is 0 Å². The van der Waals surface area contributed by atoms with Gasteiger partial charge in [0, 0.05) is 18.7 Å². The molecule has 20 heavy (non-hydrogen) atoms. The Morgan fingerprint density at radius 3 is 2.75 bits per heavy atom. The number of benzene rings is 1. The Bertz CT molecular complexity index is 485. The van der Waals surface area contributed by atoms with E-state index < -0.39 is 5.97 Å². The fourth-order valence-electron chi connectivity index (χ4n) is 1.73. The molecule has 0 spiro atoms. The molecule has 1 rings (SSSR count). The van der Waals surface area contributed by atoms with E-state index in [2.05, 4.69) is 0 Å². The zero-order chi connectivity index (χ0) is 15.1. The van der Waals surface area contributed by atoms with Gasteiger partial charge in [-0.1, -0.05) is 6.07 Å². The highest BCUT2D eigenvalue weighted by molar-refractivity contribution is 5.85. The predicted molar refractivity (Wildman–Crippen MR) is 77.7 cm³/mol. The molecule has 5 heteroatoms. The average Bonchev–Trinajstić information content (AvgIpc) is 2.44. The van der Waals surface area contributed by atoms with Gasteiger partial charge in [0.2, 0.25) is 0 Å². The van der Waals surface area contributed by atoms with Crippen molar-refractivity contribution in [2.75, 3.05) is 20.8 Å². The highest BCUT2D eigenvalue weighted by Crippen LogP contribution is 2.21. The van der Waals surface area contributed by atoms with Crippen molar-refractivity contribution in [3.63, 3.8) is 0 Å². The SMILES string of the molecule is COc1ccc(/C=C/C(=O)O)c(CN(C)C(C)CO)c1. The molecule has 0 aliphatic carbocycles. The maximum Gasteiger partial charge on any atom is 0.328 e. The van der Waals surface area contributed by atoms with Gasteiger partial charge in [-0.05, 0) is 43.3 Å². The Labute approximate surface area is 119 Å². The van der Waals surface area contributed by atoms with Crippen LogP contribution in [0.15, 0.2) is 24.3 Å². The maximum absolute atomic E-state index is 10.6. The molecule has 0 saturated carbocycles. The Morgan fingerprint density at radius 1 is 1.50 bits per heavy atom. The van der Waals surface area contributed by atoms with Crippen LogP contribution in [0, 0.1) is 0 Å². The second-order valence-electron chi connectivity index (χ2n) is 4.68. The molecule has 2 N–H and O–H groups in total. The summed E-state index contributed by atoms with van der Waals surface area (Å²) in [6.45, 7) is 2.59. The largest absolute Gasteiger partial charge is 0.497 e. The fraction of sp³-hybridized carbons (Fsp3) is 0.400. The van der Waals surface area contributed by atoms with Gasteiger partial charge in [0.1, 0.15) is 5.75 Å². The van der Waals surface area contributed by atoms with Gasteiger partial charge in [-0.3, -0.25) is 4.90 Å². The number of aliphatic carboxylic acids is 1. The lowest BCUT2D eigenvalue weighted by Gasteiger charge is -2.24. The number of methoxy groups -OCH3 is 1. The first-order chi connectivity index (χ1) is 9.47. The molecule has 0 heterocycles. The molecular weight excluding hydrogens is 258 g/mol. The van der Waals surface area contributed by atoms with Crippen molar-refractivity contribution in [3.05, 3.63) is 35.4 Å². The van der Waals surface area contributed by atoms with Gasteiger partial charge < -0.3 is 14.9 Å². The molecule has 0 saturated heterocycles. The van der Waals surface area contributed by atoms with Crippen molar-refractivity contribution >= 4 is 12.0 Å². The molecule has 1 aromatic rings. The smallest absolute Gasteiger partial charge is 0.328 e. The lowest BCUT2D eigenvalue weighted by Crippen LogP contribution is -2.31. The second kappa shape index (κ2) is 7.67. The summed E-state index contributed by atoms with van der Waals surface area (Å²) in [6.07, 6.45) is 2.68. The van der Waals surface area contributed by atoms with Gasteiger partial charge in [0.15, 0.2) is 0 Å². The number of carboxylic acid groups (broad SMARTS) is 1. The third kappa shape index (κ3) is 4.68. The number of rotatable bonds is 7. The minimum absolute atomic E-state index is 0.0255. The lowest BCUT2D eigenvalue weighted by molar-refractivity contribution is -0.131. The Hall–Kier alpha value is -1.85. The van der Waals surface area contributed by atoms with Crippen LogP contribution in [0.25, 0.3) is 6.08 Å². The number of nitrogens with zero attached hydrogens (tertiary/aromatic N) is 1. The molecule has 110 valence electrons. The van der Waals surface area contributed by atoms with Crippen molar-refractivity contribution in [1.29, 1.82) is 0 Å². The quantitative estimate of drug-likeness (QED) is 0.742. The van der Waals surface area contributed by atoms with Crippen LogP contribution in [0.2, 0.25) is 0 Å². The number of likely N-dealkylation sites (N-methyl/N-ethyl adjacent to an activating group) is 1. The first-order valence-corrected chi connectivity index (χ1v) is 6.37. The first kappa shape index (κ1) is 16.2. The predicted octanol–water partition coefficient (Wildman–Crippen LogP) is 1.61. The number of hydrogen-bond acceptors (Lipinski definition) is 4. The minimum atomic E-state index is -0.983. The molecule has 0 aromatic heterocycles. The Balaban J connectivity index is 3.03. The molecule has 0 fully saturated rings. The zero-order valence-corrected chi connectivity index (χ0v) is 12.0. The van der Waals surface area contributed by atoms with Crippen LogP contribution in [0.5, 0.6) is 5.75 Å². The van der Waals surface area contributed by atoms with Gasteiger partial charge in [0.25, 0.3) is 0 Å². The number of ether oxygens (including phenoxy) is 1.